The highest BCUT2D eigenvalue weighted by Crippen LogP contribution is 2.33. The number of piperazine rings is 1. The van der Waals surface area contributed by atoms with E-state index >= 15 is 0 Å². The lowest BCUT2D eigenvalue weighted by Gasteiger charge is -2.47. The Hall–Kier alpha value is -1.32. The average molecular weight is 264 g/mol. The summed E-state index contributed by atoms with van der Waals surface area (Å²) in [5.41, 5.74) is -0.609. The third-order valence-electron chi connectivity index (χ3n) is 4.34. The maximum absolute atomic E-state index is 12.8. The van der Waals surface area contributed by atoms with E-state index in [0.29, 0.717) is 13.0 Å². The first kappa shape index (κ1) is 14.1. The van der Waals surface area contributed by atoms with Gasteiger partial charge in [-0.1, -0.05) is 38.3 Å². The van der Waals surface area contributed by atoms with Crippen LogP contribution in [0.3, 0.4) is 0 Å². The van der Waals surface area contributed by atoms with Crippen LogP contribution in [0.2, 0.25) is 0 Å². The fourth-order valence-electron chi connectivity index (χ4n) is 3.26. The van der Waals surface area contributed by atoms with Gasteiger partial charge in [-0.2, -0.15) is 0 Å². The summed E-state index contributed by atoms with van der Waals surface area (Å²) in [6, 6.07) is -0.309. The molecular weight excluding hydrogens is 240 g/mol. The van der Waals surface area contributed by atoms with Crippen molar-refractivity contribution >= 4 is 11.8 Å². The number of allylic oxidation sites excluding steroid dienone is 1. The summed E-state index contributed by atoms with van der Waals surface area (Å²) < 4.78 is 0. The van der Waals surface area contributed by atoms with Gasteiger partial charge in [0.1, 0.15) is 11.6 Å². The molecule has 106 valence electrons. The molecule has 4 nitrogen and oxygen atoms in total. The largest absolute Gasteiger partial charge is 0.340 e. The number of nitrogens with zero attached hydrogens (tertiary/aromatic N) is 1. The van der Waals surface area contributed by atoms with E-state index in [4.69, 9.17) is 0 Å². The molecule has 2 aliphatic rings. The van der Waals surface area contributed by atoms with Crippen LogP contribution in [0.15, 0.2) is 12.2 Å². The van der Waals surface area contributed by atoms with E-state index in [1.165, 1.54) is 0 Å². The molecule has 0 aromatic carbocycles. The van der Waals surface area contributed by atoms with Crippen LogP contribution in [0, 0.1) is 0 Å². The average Bonchev–Trinajstić information content (AvgIpc) is 2.42. The standard InChI is InChI=1S/C15H24N2O2/c1-3-5-11-17-12(4-2)13(18)16-15(14(17)19)9-7-6-8-10-15/h3,5,12H,4,6-11H2,1-2H3,(H,16,18)/b5-3+. The molecular formula is C15H24N2O2. The van der Waals surface area contributed by atoms with Crippen molar-refractivity contribution in [2.24, 2.45) is 0 Å². The van der Waals surface area contributed by atoms with Crippen molar-refractivity contribution in [1.82, 2.24) is 10.2 Å². The molecule has 1 saturated heterocycles. The molecule has 1 atom stereocenters. The van der Waals surface area contributed by atoms with Crippen LogP contribution < -0.4 is 5.32 Å². The summed E-state index contributed by atoms with van der Waals surface area (Å²) in [5.74, 6) is 0.144. The molecule has 0 aromatic heterocycles. The van der Waals surface area contributed by atoms with Crippen molar-refractivity contribution in [1.29, 1.82) is 0 Å². The van der Waals surface area contributed by atoms with Gasteiger partial charge in [-0.25, -0.2) is 0 Å². The van der Waals surface area contributed by atoms with Crippen molar-refractivity contribution in [3.63, 3.8) is 0 Å². The monoisotopic (exact) mass is 264 g/mol. The Bertz CT molecular complexity index is 384. The van der Waals surface area contributed by atoms with Crippen molar-refractivity contribution < 1.29 is 9.59 Å². The molecule has 1 aliphatic heterocycles. The fraction of sp³-hybridized carbons (Fsp3) is 0.733. The topological polar surface area (TPSA) is 49.4 Å². The van der Waals surface area contributed by atoms with Crippen molar-refractivity contribution in [3.05, 3.63) is 12.2 Å². The lowest BCUT2D eigenvalue weighted by Crippen LogP contribution is -2.70. The zero-order chi connectivity index (χ0) is 13.9. The third-order valence-corrected chi connectivity index (χ3v) is 4.34. The van der Waals surface area contributed by atoms with Gasteiger partial charge < -0.3 is 10.2 Å². The smallest absolute Gasteiger partial charge is 0.249 e. The van der Waals surface area contributed by atoms with Crippen LogP contribution in [-0.2, 0) is 9.59 Å². The van der Waals surface area contributed by atoms with Gasteiger partial charge in [0.25, 0.3) is 0 Å². The Balaban J connectivity index is 2.25. The molecule has 0 aromatic rings. The van der Waals surface area contributed by atoms with Gasteiger partial charge in [0.05, 0.1) is 0 Å². The molecule has 1 N–H and O–H groups in total. The summed E-state index contributed by atoms with van der Waals surface area (Å²) in [7, 11) is 0. The number of hydrogen-bond acceptors (Lipinski definition) is 2. The first-order valence-corrected chi connectivity index (χ1v) is 7.39. The van der Waals surface area contributed by atoms with Crippen LogP contribution >= 0.6 is 0 Å². The van der Waals surface area contributed by atoms with Crippen LogP contribution in [0.25, 0.3) is 0 Å². The Kier molecular flexibility index (Phi) is 4.27. The van der Waals surface area contributed by atoms with Crippen LogP contribution in [0.5, 0.6) is 0 Å². The number of nitrogens with one attached hydrogen (secondary N) is 1. The van der Waals surface area contributed by atoms with E-state index in [1.54, 1.807) is 4.90 Å². The zero-order valence-electron chi connectivity index (χ0n) is 11.9. The second kappa shape index (κ2) is 5.76. The van der Waals surface area contributed by atoms with Crippen molar-refractivity contribution in [2.45, 2.75) is 64.0 Å². The van der Waals surface area contributed by atoms with E-state index in [2.05, 4.69) is 5.32 Å². The molecule has 1 aliphatic carbocycles. The maximum atomic E-state index is 12.8. The van der Waals surface area contributed by atoms with Gasteiger partial charge in [0, 0.05) is 6.54 Å². The van der Waals surface area contributed by atoms with Crippen molar-refractivity contribution in [3.8, 4) is 0 Å². The summed E-state index contributed by atoms with van der Waals surface area (Å²) in [6.45, 7) is 4.44. The number of rotatable bonds is 3. The van der Waals surface area contributed by atoms with Crippen LogP contribution in [0.1, 0.15) is 52.4 Å². The molecule has 4 heteroatoms. The lowest BCUT2D eigenvalue weighted by atomic mass is 9.78. The molecule has 19 heavy (non-hydrogen) atoms. The Morgan fingerprint density at radius 3 is 2.58 bits per heavy atom. The molecule has 2 amide bonds. The van der Waals surface area contributed by atoms with E-state index in [9.17, 15) is 9.59 Å². The lowest BCUT2D eigenvalue weighted by molar-refractivity contribution is -0.156. The van der Waals surface area contributed by atoms with Gasteiger partial charge in [-0.05, 0) is 26.2 Å². The van der Waals surface area contributed by atoms with Gasteiger partial charge in [-0.15, -0.1) is 0 Å². The Morgan fingerprint density at radius 2 is 2.00 bits per heavy atom. The summed E-state index contributed by atoms with van der Waals surface area (Å²) in [5, 5.41) is 3.03. The molecule has 1 spiro atoms. The highest BCUT2D eigenvalue weighted by molar-refractivity contribution is 6.00. The summed E-state index contributed by atoms with van der Waals surface area (Å²) in [6.07, 6.45) is 9.36. The second-order valence-electron chi connectivity index (χ2n) is 5.58. The molecule has 0 radical (unpaired) electrons. The van der Waals surface area contributed by atoms with Gasteiger partial charge in [0.15, 0.2) is 0 Å². The van der Waals surface area contributed by atoms with E-state index in [1.807, 2.05) is 26.0 Å². The third kappa shape index (κ3) is 2.53. The normalized spacial score (nSPS) is 27.1. The summed E-state index contributed by atoms with van der Waals surface area (Å²) in [4.78, 5) is 26.9. The first-order valence-electron chi connectivity index (χ1n) is 7.39. The molecule has 1 heterocycles. The van der Waals surface area contributed by atoms with E-state index < -0.39 is 5.54 Å². The number of carbonyl (C=O) groups excluding carboxylic acids is 2. The van der Waals surface area contributed by atoms with E-state index in [-0.39, 0.29) is 17.9 Å². The quantitative estimate of drug-likeness (QED) is 0.793. The Labute approximate surface area is 115 Å². The van der Waals surface area contributed by atoms with Gasteiger partial charge in [-0.3, -0.25) is 9.59 Å². The van der Waals surface area contributed by atoms with Gasteiger partial charge >= 0.3 is 0 Å². The van der Waals surface area contributed by atoms with E-state index in [0.717, 1.165) is 32.1 Å². The maximum Gasteiger partial charge on any atom is 0.249 e. The molecule has 1 unspecified atom stereocenters. The van der Waals surface area contributed by atoms with Crippen molar-refractivity contribution in [2.75, 3.05) is 6.54 Å². The number of hydrogen-bond donors (Lipinski definition) is 1. The minimum absolute atomic E-state index is 0.0218. The Morgan fingerprint density at radius 1 is 1.32 bits per heavy atom. The molecule has 2 rings (SSSR count). The predicted octanol–water partition coefficient (Wildman–Crippen LogP) is 2.00. The fourth-order valence-corrected chi connectivity index (χ4v) is 3.26. The van der Waals surface area contributed by atoms with Crippen LogP contribution in [0.4, 0.5) is 0 Å². The second-order valence-corrected chi connectivity index (χ2v) is 5.58. The summed E-state index contributed by atoms with van der Waals surface area (Å²) >= 11 is 0. The highest BCUT2D eigenvalue weighted by Gasteiger charge is 2.50. The molecule has 0 bridgehead atoms. The minimum atomic E-state index is -0.609. The SMILES string of the molecule is C/C=C/CN1C(=O)C2(CCCCC2)NC(=O)C1CC. The first-order chi connectivity index (χ1) is 9.14. The van der Waals surface area contributed by atoms with Crippen LogP contribution in [-0.4, -0.2) is 34.8 Å². The minimum Gasteiger partial charge on any atom is -0.340 e. The number of amides is 2. The number of carbonyl (C=O) groups is 2. The zero-order valence-corrected chi connectivity index (χ0v) is 11.9. The van der Waals surface area contributed by atoms with Gasteiger partial charge in [0.2, 0.25) is 11.8 Å². The molecule has 1 saturated carbocycles. The molecule has 2 fully saturated rings. The highest BCUT2D eigenvalue weighted by atomic mass is 16.2. The predicted molar refractivity (Wildman–Crippen MR) is 74.6 cm³/mol.